The SMILES string of the molecule is C[C@H](CCO)NC(=O)Nc1nnc(C(F)(F)F)s1. The third-order valence-corrected chi connectivity index (χ3v) is 2.71. The van der Waals surface area contributed by atoms with E-state index < -0.39 is 17.2 Å². The average molecular weight is 284 g/mol. The van der Waals surface area contributed by atoms with Crippen LogP contribution in [-0.2, 0) is 6.18 Å². The van der Waals surface area contributed by atoms with Crippen LogP contribution in [0.5, 0.6) is 0 Å². The summed E-state index contributed by atoms with van der Waals surface area (Å²) in [5.74, 6) is 0. The highest BCUT2D eigenvalue weighted by molar-refractivity contribution is 7.15. The van der Waals surface area contributed by atoms with Crippen molar-refractivity contribution >= 4 is 22.5 Å². The summed E-state index contributed by atoms with van der Waals surface area (Å²) in [5.41, 5.74) is 0. The Balaban J connectivity index is 2.52. The molecular formula is C8H11F3N4O2S. The maximum atomic E-state index is 12.2. The van der Waals surface area contributed by atoms with E-state index in [2.05, 4.69) is 20.8 Å². The van der Waals surface area contributed by atoms with Gasteiger partial charge in [-0.05, 0) is 13.3 Å². The van der Waals surface area contributed by atoms with Gasteiger partial charge >= 0.3 is 12.2 Å². The van der Waals surface area contributed by atoms with E-state index in [4.69, 9.17) is 5.11 Å². The lowest BCUT2D eigenvalue weighted by Crippen LogP contribution is -2.36. The van der Waals surface area contributed by atoms with Gasteiger partial charge in [-0.25, -0.2) is 4.79 Å². The Labute approximate surface area is 104 Å². The van der Waals surface area contributed by atoms with E-state index in [0.717, 1.165) is 0 Å². The summed E-state index contributed by atoms with van der Waals surface area (Å²) < 4.78 is 36.6. The number of carbonyl (C=O) groups is 1. The normalized spacial score (nSPS) is 13.2. The third-order valence-electron chi connectivity index (χ3n) is 1.83. The van der Waals surface area contributed by atoms with Crippen LogP contribution in [0.3, 0.4) is 0 Å². The molecule has 1 aromatic heterocycles. The number of hydrogen-bond donors (Lipinski definition) is 3. The fourth-order valence-electron chi connectivity index (χ4n) is 1.01. The number of urea groups is 1. The Morgan fingerprint density at radius 1 is 1.50 bits per heavy atom. The van der Waals surface area contributed by atoms with Gasteiger partial charge in [0.1, 0.15) is 0 Å². The van der Waals surface area contributed by atoms with Crippen molar-refractivity contribution in [2.45, 2.75) is 25.6 Å². The second-order valence-corrected chi connectivity index (χ2v) is 4.40. The van der Waals surface area contributed by atoms with Gasteiger partial charge in [-0.15, -0.1) is 10.2 Å². The molecule has 0 aliphatic rings. The molecule has 0 spiro atoms. The van der Waals surface area contributed by atoms with Crippen LogP contribution in [0, 0.1) is 0 Å². The molecule has 10 heteroatoms. The molecule has 1 atom stereocenters. The minimum absolute atomic E-state index is 0.0987. The molecular weight excluding hydrogens is 273 g/mol. The van der Waals surface area contributed by atoms with E-state index in [1.165, 1.54) is 0 Å². The van der Waals surface area contributed by atoms with Gasteiger partial charge in [-0.2, -0.15) is 13.2 Å². The van der Waals surface area contributed by atoms with Crippen LogP contribution in [0.2, 0.25) is 0 Å². The quantitative estimate of drug-likeness (QED) is 0.781. The number of rotatable bonds is 4. The molecule has 2 amide bonds. The molecule has 0 saturated carbocycles. The van der Waals surface area contributed by atoms with Crippen LogP contribution in [0.15, 0.2) is 0 Å². The zero-order chi connectivity index (χ0) is 13.8. The van der Waals surface area contributed by atoms with Crippen LogP contribution >= 0.6 is 11.3 Å². The van der Waals surface area contributed by atoms with E-state index in [-0.39, 0.29) is 29.1 Å². The molecule has 0 fully saturated rings. The lowest BCUT2D eigenvalue weighted by atomic mass is 10.2. The number of hydrogen-bond acceptors (Lipinski definition) is 5. The molecule has 1 heterocycles. The van der Waals surface area contributed by atoms with Crippen molar-refractivity contribution in [3.63, 3.8) is 0 Å². The number of aliphatic hydroxyl groups excluding tert-OH is 1. The number of aromatic nitrogens is 2. The standard InChI is InChI=1S/C8H11F3N4O2S/c1-4(2-3-16)12-6(17)13-7-15-14-5(18-7)8(9,10)11/h4,16H,2-3H2,1H3,(H2,12,13,15,17)/t4-/m1/s1. The summed E-state index contributed by atoms with van der Waals surface area (Å²) >= 11 is 0.240. The number of halogens is 3. The van der Waals surface area contributed by atoms with Gasteiger partial charge in [-0.3, -0.25) is 5.32 Å². The Morgan fingerprint density at radius 3 is 2.67 bits per heavy atom. The first-order chi connectivity index (χ1) is 8.32. The zero-order valence-corrected chi connectivity index (χ0v) is 10.1. The maximum absolute atomic E-state index is 12.2. The molecule has 0 aromatic carbocycles. The summed E-state index contributed by atoms with van der Waals surface area (Å²) in [5, 5.41) is 17.9. The van der Waals surface area contributed by atoms with Crippen molar-refractivity contribution in [3.8, 4) is 0 Å². The second-order valence-electron chi connectivity index (χ2n) is 3.42. The number of alkyl halides is 3. The van der Waals surface area contributed by atoms with Gasteiger partial charge < -0.3 is 10.4 Å². The zero-order valence-electron chi connectivity index (χ0n) is 9.28. The average Bonchev–Trinajstić information content (AvgIpc) is 2.65. The second kappa shape index (κ2) is 5.96. The first-order valence-electron chi connectivity index (χ1n) is 4.92. The van der Waals surface area contributed by atoms with Gasteiger partial charge in [0.2, 0.25) is 10.1 Å². The Bertz CT molecular complexity index is 409. The predicted octanol–water partition coefficient (Wildman–Crippen LogP) is 1.45. The number of nitrogens with zero attached hydrogens (tertiary/aromatic N) is 2. The van der Waals surface area contributed by atoms with E-state index in [0.29, 0.717) is 6.42 Å². The van der Waals surface area contributed by atoms with E-state index in [1.54, 1.807) is 6.92 Å². The number of aliphatic hydroxyl groups is 1. The molecule has 18 heavy (non-hydrogen) atoms. The van der Waals surface area contributed by atoms with Gasteiger partial charge in [0.05, 0.1) is 0 Å². The van der Waals surface area contributed by atoms with E-state index in [9.17, 15) is 18.0 Å². The number of anilines is 1. The fourth-order valence-corrected chi connectivity index (χ4v) is 1.62. The van der Waals surface area contributed by atoms with Crippen LogP contribution in [-0.4, -0.2) is 34.0 Å². The van der Waals surface area contributed by atoms with Crippen molar-refractivity contribution in [3.05, 3.63) is 5.01 Å². The Kier molecular flexibility index (Phi) is 4.84. The topological polar surface area (TPSA) is 87.1 Å². The molecule has 1 rings (SSSR count). The van der Waals surface area contributed by atoms with Crippen LogP contribution in [0.25, 0.3) is 0 Å². The van der Waals surface area contributed by atoms with Gasteiger partial charge in [0.25, 0.3) is 0 Å². The minimum Gasteiger partial charge on any atom is -0.396 e. The summed E-state index contributed by atoms with van der Waals surface area (Å²) in [6, 6.07) is -0.995. The summed E-state index contributed by atoms with van der Waals surface area (Å²) in [6.07, 6.45) is -4.23. The predicted molar refractivity (Wildman–Crippen MR) is 58.2 cm³/mol. The molecule has 102 valence electrons. The van der Waals surface area contributed by atoms with Crippen molar-refractivity contribution < 1.29 is 23.1 Å². The molecule has 1 aromatic rings. The highest BCUT2D eigenvalue weighted by Crippen LogP contribution is 2.32. The molecule has 3 N–H and O–H groups in total. The third kappa shape index (κ3) is 4.45. The summed E-state index contributed by atoms with van der Waals surface area (Å²) in [7, 11) is 0. The monoisotopic (exact) mass is 284 g/mol. The van der Waals surface area contributed by atoms with E-state index in [1.807, 2.05) is 0 Å². The lowest BCUT2D eigenvalue weighted by Gasteiger charge is -2.11. The summed E-state index contributed by atoms with van der Waals surface area (Å²) in [6.45, 7) is 1.55. The van der Waals surface area contributed by atoms with Crippen LogP contribution in [0.1, 0.15) is 18.4 Å². The Morgan fingerprint density at radius 2 is 2.17 bits per heavy atom. The molecule has 0 radical (unpaired) electrons. The van der Waals surface area contributed by atoms with Crippen molar-refractivity contribution in [1.82, 2.24) is 15.5 Å². The lowest BCUT2D eigenvalue weighted by molar-refractivity contribution is -0.138. The van der Waals surface area contributed by atoms with Crippen LogP contribution < -0.4 is 10.6 Å². The fraction of sp³-hybridized carbons (Fsp3) is 0.625. The molecule has 0 aliphatic carbocycles. The molecule has 0 aliphatic heterocycles. The number of amides is 2. The van der Waals surface area contributed by atoms with Gasteiger partial charge in [-0.1, -0.05) is 11.3 Å². The Hall–Kier alpha value is -1.42. The molecule has 6 nitrogen and oxygen atoms in total. The van der Waals surface area contributed by atoms with E-state index >= 15 is 0 Å². The molecule has 0 saturated heterocycles. The maximum Gasteiger partial charge on any atom is 0.445 e. The van der Waals surface area contributed by atoms with Gasteiger partial charge in [0, 0.05) is 12.6 Å². The molecule has 0 bridgehead atoms. The first-order valence-corrected chi connectivity index (χ1v) is 5.73. The largest absolute Gasteiger partial charge is 0.445 e. The van der Waals surface area contributed by atoms with Crippen molar-refractivity contribution in [2.75, 3.05) is 11.9 Å². The highest BCUT2D eigenvalue weighted by Gasteiger charge is 2.35. The highest BCUT2D eigenvalue weighted by atomic mass is 32.1. The van der Waals surface area contributed by atoms with Gasteiger partial charge in [0.15, 0.2) is 0 Å². The van der Waals surface area contributed by atoms with Crippen molar-refractivity contribution in [1.29, 1.82) is 0 Å². The summed E-state index contributed by atoms with van der Waals surface area (Å²) in [4.78, 5) is 11.3. The van der Waals surface area contributed by atoms with Crippen LogP contribution in [0.4, 0.5) is 23.1 Å². The van der Waals surface area contributed by atoms with Crippen molar-refractivity contribution in [2.24, 2.45) is 0 Å². The number of nitrogens with one attached hydrogen (secondary N) is 2. The number of carbonyl (C=O) groups excluding carboxylic acids is 1. The smallest absolute Gasteiger partial charge is 0.396 e. The molecule has 0 unspecified atom stereocenters. The first kappa shape index (κ1) is 14.6. The minimum atomic E-state index is -4.57.